The normalized spacial score (nSPS) is 15.4. The summed E-state index contributed by atoms with van der Waals surface area (Å²) in [5.41, 5.74) is 1.41. The maximum absolute atomic E-state index is 3.46. The molecule has 0 amide bonds. The van der Waals surface area contributed by atoms with E-state index in [-0.39, 0.29) is 0 Å². The number of nitrogens with one attached hydrogen (secondary N) is 1. The van der Waals surface area contributed by atoms with E-state index in [2.05, 4.69) is 49.7 Å². The van der Waals surface area contributed by atoms with Crippen LogP contribution in [0.25, 0.3) is 0 Å². The molecule has 1 heterocycles. The lowest BCUT2D eigenvalue weighted by molar-refractivity contribution is 0.456. The molecule has 1 nitrogen and oxygen atoms in total. The Labute approximate surface area is 132 Å². The van der Waals surface area contributed by atoms with Gasteiger partial charge >= 0.3 is 0 Å². The number of allylic oxidation sites excluding steroid dienone is 5. The fraction of sp³-hybridized carbons (Fsp3) is 0.700. The van der Waals surface area contributed by atoms with Crippen LogP contribution in [0.15, 0.2) is 36.2 Å². The molecule has 0 bridgehead atoms. The number of hydrogen-bond donors (Lipinski definition) is 1. The van der Waals surface area contributed by atoms with Crippen molar-refractivity contribution in [3.8, 4) is 0 Å². The third kappa shape index (κ3) is 8.80. The molecule has 0 radical (unpaired) electrons. The second kappa shape index (κ2) is 12.7. The second-order valence-electron chi connectivity index (χ2n) is 6.26. The van der Waals surface area contributed by atoms with E-state index in [0.29, 0.717) is 5.92 Å². The van der Waals surface area contributed by atoms with E-state index in [4.69, 9.17) is 0 Å². The van der Waals surface area contributed by atoms with Gasteiger partial charge in [-0.05, 0) is 30.9 Å². The summed E-state index contributed by atoms with van der Waals surface area (Å²) in [6.45, 7) is 4.58. The topological polar surface area (TPSA) is 12.0 Å². The predicted molar refractivity (Wildman–Crippen MR) is 95.1 cm³/mol. The molecule has 1 atom stereocenters. The predicted octanol–water partition coefficient (Wildman–Crippen LogP) is 6.49. The van der Waals surface area contributed by atoms with Gasteiger partial charge in [-0.3, -0.25) is 0 Å². The van der Waals surface area contributed by atoms with Gasteiger partial charge in [0.2, 0.25) is 0 Å². The molecule has 120 valence electrons. The Morgan fingerprint density at radius 1 is 0.762 bits per heavy atom. The van der Waals surface area contributed by atoms with Gasteiger partial charge in [0.1, 0.15) is 0 Å². The van der Waals surface area contributed by atoms with E-state index in [9.17, 15) is 0 Å². The zero-order chi connectivity index (χ0) is 15.2. The third-order valence-electron chi connectivity index (χ3n) is 4.33. The highest BCUT2D eigenvalue weighted by atomic mass is 14.9. The van der Waals surface area contributed by atoms with Crippen LogP contribution in [-0.4, -0.2) is 0 Å². The Bertz CT molecular complexity index is 325. The summed E-state index contributed by atoms with van der Waals surface area (Å²) in [5.74, 6) is 0.711. The van der Waals surface area contributed by atoms with E-state index >= 15 is 0 Å². The number of rotatable bonds is 12. The first-order valence-electron chi connectivity index (χ1n) is 9.18. The fourth-order valence-electron chi connectivity index (χ4n) is 3.05. The van der Waals surface area contributed by atoms with Crippen LogP contribution in [0.1, 0.15) is 84.5 Å². The first-order chi connectivity index (χ1) is 10.4. The third-order valence-corrected chi connectivity index (χ3v) is 4.33. The van der Waals surface area contributed by atoms with Crippen LogP contribution < -0.4 is 5.32 Å². The monoisotopic (exact) mass is 289 g/mol. The smallest absolute Gasteiger partial charge is 0.0178 e. The van der Waals surface area contributed by atoms with Crippen LogP contribution in [0.4, 0.5) is 0 Å². The van der Waals surface area contributed by atoms with Gasteiger partial charge in [-0.2, -0.15) is 0 Å². The molecule has 1 unspecified atom stereocenters. The van der Waals surface area contributed by atoms with Gasteiger partial charge in [0.15, 0.2) is 0 Å². The molecule has 0 aromatic heterocycles. The van der Waals surface area contributed by atoms with Crippen molar-refractivity contribution in [3.05, 3.63) is 36.2 Å². The van der Waals surface area contributed by atoms with Gasteiger partial charge in [-0.25, -0.2) is 0 Å². The van der Waals surface area contributed by atoms with Crippen LogP contribution in [0.2, 0.25) is 0 Å². The number of hydrogen-bond acceptors (Lipinski definition) is 1. The van der Waals surface area contributed by atoms with E-state index in [1.165, 1.54) is 76.3 Å². The fourth-order valence-corrected chi connectivity index (χ4v) is 3.05. The van der Waals surface area contributed by atoms with Crippen LogP contribution in [0.5, 0.6) is 0 Å². The van der Waals surface area contributed by atoms with Crippen LogP contribution in [0.3, 0.4) is 0 Å². The van der Waals surface area contributed by atoms with Gasteiger partial charge in [-0.15, -0.1) is 0 Å². The minimum atomic E-state index is 0.711. The van der Waals surface area contributed by atoms with E-state index in [1.54, 1.807) is 0 Å². The van der Waals surface area contributed by atoms with Gasteiger partial charge in [0, 0.05) is 11.9 Å². The van der Waals surface area contributed by atoms with E-state index < -0.39 is 0 Å². The maximum Gasteiger partial charge on any atom is 0.0178 e. The lowest BCUT2D eigenvalue weighted by Gasteiger charge is -2.19. The molecule has 1 N–H and O–H groups in total. The Kier molecular flexibility index (Phi) is 11.0. The van der Waals surface area contributed by atoms with Crippen molar-refractivity contribution >= 4 is 0 Å². The second-order valence-corrected chi connectivity index (χ2v) is 6.26. The minimum Gasteiger partial charge on any atom is -0.365 e. The van der Waals surface area contributed by atoms with Crippen molar-refractivity contribution in [1.82, 2.24) is 5.32 Å². The van der Waals surface area contributed by atoms with Crippen molar-refractivity contribution in [2.45, 2.75) is 84.5 Å². The van der Waals surface area contributed by atoms with Crippen molar-refractivity contribution in [3.63, 3.8) is 0 Å². The molecule has 1 rings (SSSR count). The summed E-state index contributed by atoms with van der Waals surface area (Å²) in [4.78, 5) is 0. The number of unbranched alkanes of at least 4 members (excludes halogenated alkanes) is 7. The zero-order valence-electron chi connectivity index (χ0n) is 14.2. The summed E-state index contributed by atoms with van der Waals surface area (Å²) >= 11 is 0. The Morgan fingerprint density at radius 3 is 2.19 bits per heavy atom. The highest BCUT2D eigenvalue weighted by Gasteiger charge is 2.12. The molecule has 1 aliphatic heterocycles. The summed E-state index contributed by atoms with van der Waals surface area (Å²) in [6.07, 6.45) is 25.8. The van der Waals surface area contributed by atoms with E-state index in [0.717, 1.165) is 0 Å². The Balaban J connectivity index is 2.18. The molecule has 0 saturated heterocycles. The van der Waals surface area contributed by atoms with Gasteiger partial charge in [0.25, 0.3) is 0 Å². The SMILES string of the molecule is CCCCCCCCCCC(CCC)C1=CC=CC=CN1. The molecule has 0 aromatic rings. The largest absolute Gasteiger partial charge is 0.365 e. The molecule has 1 heteroatoms. The summed E-state index contributed by atoms with van der Waals surface area (Å²) < 4.78 is 0. The molecule has 21 heavy (non-hydrogen) atoms. The lowest BCUT2D eigenvalue weighted by Crippen LogP contribution is -2.15. The first kappa shape index (κ1) is 18.1. The Morgan fingerprint density at radius 2 is 1.48 bits per heavy atom. The molecular weight excluding hydrogens is 254 g/mol. The maximum atomic E-state index is 3.46. The summed E-state index contributed by atoms with van der Waals surface area (Å²) in [7, 11) is 0. The van der Waals surface area contributed by atoms with Crippen molar-refractivity contribution in [2.24, 2.45) is 5.92 Å². The summed E-state index contributed by atoms with van der Waals surface area (Å²) in [6, 6.07) is 0. The molecule has 0 aliphatic carbocycles. The average molecular weight is 290 g/mol. The minimum absolute atomic E-state index is 0.711. The quantitative estimate of drug-likeness (QED) is 0.405. The lowest BCUT2D eigenvalue weighted by atomic mass is 9.92. The van der Waals surface area contributed by atoms with Gasteiger partial charge in [0.05, 0.1) is 0 Å². The van der Waals surface area contributed by atoms with Gasteiger partial charge in [-0.1, -0.05) is 83.8 Å². The van der Waals surface area contributed by atoms with Crippen molar-refractivity contribution in [1.29, 1.82) is 0 Å². The Hall–Kier alpha value is -0.980. The summed E-state index contributed by atoms with van der Waals surface area (Å²) in [5, 5.41) is 3.46. The van der Waals surface area contributed by atoms with Gasteiger partial charge < -0.3 is 5.32 Å². The van der Waals surface area contributed by atoms with Crippen LogP contribution >= 0.6 is 0 Å². The molecule has 0 fully saturated rings. The average Bonchev–Trinajstić information content (AvgIpc) is 2.78. The zero-order valence-corrected chi connectivity index (χ0v) is 14.2. The van der Waals surface area contributed by atoms with E-state index in [1.807, 2.05) is 0 Å². The van der Waals surface area contributed by atoms with Crippen LogP contribution in [0, 0.1) is 5.92 Å². The highest BCUT2D eigenvalue weighted by molar-refractivity contribution is 5.22. The molecule has 1 aliphatic rings. The first-order valence-corrected chi connectivity index (χ1v) is 9.18. The molecule has 0 saturated carbocycles. The highest BCUT2D eigenvalue weighted by Crippen LogP contribution is 2.23. The molecule has 0 spiro atoms. The molecular formula is C20H35N. The van der Waals surface area contributed by atoms with Crippen molar-refractivity contribution in [2.75, 3.05) is 0 Å². The van der Waals surface area contributed by atoms with Crippen LogP contribution in [-0.2, 0) is 0 Å². The van der Waals surface area contributed by atoms with Crippen molar-refractivity contribution < 1.29 is 0 Å². The molecule has 0 aromatic carbocycles. The standard InChI is InChI=1S/C20H35N/c1-3-5-6-7-8-9-10-12-16-19(15-4-2)20-17-13-11-14-18-21-20/h11,13-14,17-19,21H,3-10,12,15-16H2,1-2H3.